The van der Waals surface area contributed by atoms with Crippen molar-refractivity contribution in [3.8, 4) is 0 Å². The smallest absolute Gasteiger partial charge is 0.0408 e. The summed E-state index contributed by atoms with van der Waals surface area (Å²) in [5.74, 6) is 3.20. The predicted octanol–water partition coefficient (Wildman–Crippen LogP) is 4.57. The Morgan fingerprint density at radius 2 is 2.15 bits per heavy atom. The number of nitrogens with one attached hydrogen (secondary N) is 1. The van der Waals surface area contributed by atoms with Gasteiger partial charge in [-0.3, -0.25) is 0 Å². The van der Waals surface area contributed by atoms with E-state index in [0.717, 1.165) is 18.1 Å². The number of rotatable bonds is 1. The van der Waals surface area contributed by atoms with E-state index in [1.54, 1.807) is 0 Å². The fourth-order valence-corrected chi connectivity index (χ4v) is 5.95. The van der Waals surface area contributed by atoms with Gasteiger partial charge in [-0.2, -0.15) is 11.8 Å². The van der Waals surface area contributed by atoms with E-state index in [1.165, 1.54) is 29.9 Å². The molecule has 0 amide bonds. The van der Waals surface area contributed by atoms with Crippen molar-refractivity contribution in [2.75, 3.05) is 24.6 Å². The summed E-state index contributed by atoms with van der Waals surface area (Å²) in [7, 11) is 0. The number of hydrogen-bond donors (Lipinski definition) is 1. The molecule has 1 nitrogen and oxygen atoms in total. The van der Waals surface area contributed by atoms with E-state index in [4.69, 9.17) is 11.6 Å². The SMILES string of the molecule is CC1(C)CSCC2(CCNCC2c2cccc(Cl)c2)C1. The van der Waals surface area contributed by atoms with Crippen LogP contribution in [0.3, 0.4) is 0 Å². The number of thioether (sulfide) groups is 1. The lowest BCUT2D eigenvalue weighted by atomic mass is 9.62. The Morgan fingerprint density at radius 3 is 2.90 bits per heavy atom. The van der Waals surface area contributed by atoms with Crippen LogP contribution in [-0.2, 0) is 0 Å². The van der Waals surface area contributed by atoms with Crippen molar-refractivity contribution in [1.82, 2.24) is 5.32 Å². The first kappa shape index (κ1) is 14.7. The van der Waals surface area contributed by atoms with Gasteiger partial charge in [0, 0.05) is 17.5 Å². The van der Waals surface area contributed by atoms with Crippen molar-refractivity contribution in [3.05, 3.63) is 34.9 Å². The molecule has 0 saturated carbocycles. The standard InChI is InChI=1S/C17H24ClNS/c1-16(2)10-17(12-20-11-16)6-7-19-9-15(17)13-4-3-5-14(18)8-13/h3-5,8,15,19H,6-7,9-12H2,1-2H3. The minimum absolute atomic E-state index is 0.447. The number of halogens is 1. The molecule has 0 aliphatic carbocycles. The lowest BCUT2D eigenvalue weighted by molar-refractivity contribution is 0.115. The second-order valence-electron chi connectivity index (χ2n) is 7.26. The van der Waals surface area contributed by atoms with Gasteiger partial charge in [-0.1, -0.05) is 37.6 Å². The van der Waals surface area contributed by atoms with E-state index in [1.807, 2.05) is 6.07 Å². The number of hydrogen-bond acceptors (Lipinski definition) is 2. The van der Waals surface area contributed by atoms with E-state index in [9.17, 15) is 0 Å². The van der Waals surface area contributed by atoms with Crippen molar-refractivity contribution in [3.63, 3.8) is 0 Å². The molecule has 1 spiro atoms. The first-order valence-electron chi connectivity index (χ1n) is 7.55. The maximum absolute atomic E-state index is 6.22. The summed E-state index contributed by atoms with van der Waals surface area (Å²) < 4.78 is 0. The van der Waals surface area contributed by atoms with Crippen molar-refractivity contribution >= 4 is 23.4 Å². The third-order valence-corrected chi connectivity index (χ3v) is 6.85. The molecular weight excluding hydrogens is 286 g/mol. The maximum Gasteiger partial charge on any atom is 0.0408 e. The van der Waals surface area contributed by atoms with Crippen LogP contribution in [0.1, 0.15) is 38.2 Å². The van der Waals surface area contributed by atoms with Gasteiger partial charge in [-0.05, 0) is 59.4 Å². The van der Waals surface area contributed by atoms with E-state index < -0.39 is 0 Å². The normalized spacial score (nSPS) is 33.2. The Kier molecular flexibility index (Phi) is 4.09. The molecule has 20 heavy (non-hydrogen) atoms. The largest absolute Gasteiger partial charge is 0.316 e. The van der Waals surface area contributed by atoms with Crippen LogP contribution in [0, 0.1) is 10.8 Å². The van der Waals surface area contributed by atoms with Gasteiger partial charge >= 0.3 is 0 Å². The summed E-state index contributed by atoms with van der Waals surface area (Å²) >= 11 is 8.37. The molecule has 2 saturated heterocycles. The molecule has 0 radical (unpaired) electrons. The van der Waals surface area contributed by atoms with E-state index in [2.05, 4.69) is 49.1 Å². The number of benzene rings is 1. The van der Waals surface area contributed by atoms with Crippen LogP contribution in [0.25, 0.3) is 0 Å². The molecular formula is C17H24ClNS. The first-order valence-corrected chi connectivity index (χ1v) is 9.08. The Balaban J connectivity index is 1.94. The zero-order chi connectivity index (χ0) is 14.2. The second-order valence-corrected chi connectivity index (χ2v) is 8.68. The van der Waals surface area contributed by atoms with Crippen molar-refractivity contribution < 1.29 is 0 Å². The molecule has 110 valence electrons. The van der Waals surface area contributed by atoms with Gasteiger partial charge in [0.25, 0.3) is 0 Å². The number of piperidine rings is 1. The topological polar surface area (TPSA) is 12.0 Å². The summed E-state index contributed by atoms with van der Waals surface area (Å²) in [5.41, 5.74) is 2.32. The highest BCUT2D eigenvalue weighted by Gasteiger charge is 2.47. The van der Waals surface area contributed by atoms with Crippen molar-refractivity contribution in [1.29, 1.82) is 0 Å². The highest BCUT2D eigenvalue weighted by molar-refractivity contribution is 7.99. The average Bonchev–Trinajstić information content (AvgIpc) is 2.37. The van der Waals surface area contributed by atoms with Crippen molar-refractivity contribution in [2.45, 2.75) is 32.6 Å². The van der Waals surface area contributed by atoms with Gasteiger partial charge in [0.2, 0.25) is 0 Å². The Bertz CT molecular complexity index is 484. The lowest BCUT2D eigenvalue weighted by Crippen LogP contribution is -2.49. The second kappa shape index (κ2) is 5.55. The molecule has 2 heterocycles. The van der Waals surface area contributed by atoms with Crippen LogP contribution in [-0.4, -0.2) is 24.6 Å². The van der Waals surface area contributed by atoms with Gasteiger partial charge in [0.15, 0.2) is 0 Å². The van der Waals surface area contributed by atoms with Crippen LogP contribution in [0.4, 0.5) is 0 Å². The summed E-state index contributed by atoms with van der Waals surface area (Å²) in [4.78, 5) is 0. The molecule has 1 aromatic carbocycles. The molecule has 2 aliphatic heterocycles. The molecule has 2 aliphatic rings. The third-order valence-electron chi connectivity index (χ3n) is 4.85. The molecule has 3 rings (SSSR count). The monoisotopic (exact) mass is 309 g/mol. The first-order chi connectivity index (χ1) is 9.51. The predicted molar refractivity (Wildman–Crippen MR) is 89.8 cm³/mol. The summed E-state index contributed by atoms with van der Waals surface area (Å²) in [6, 6.07) is 8.51. The molecule has 3 heteroatoms. The molecule has 2 unspecified atom stereocenters. The quantitative estimate of drug-likeness (QED) is 0.815. The summed E-state index contributed by atoms with van der Waals surface area (Å²) in [6.07, 6.45) is 2.63. The van der Waals surface area contributed by atoms with Gasteiger partial charge in [0.1, 0.15) is 0 Å². The van der Waals surface area contributed by atoms with Gasteiger partial charge in [-0.15, -0.1) is 0 Å². The molecule has 2 fully saturated rings. The average molecular weight is 310 g/mol. The molecule has 2 atom stereocenters. The van der Waals surface area contributed by atoms with Crippen LogP contribution < -0.4 is 5.32 Å². The van der Waals surface area contributed by atoms with E-state index in [0.29, 0.717) is 16.7 Å². The minimum atomic E-state index is 0.447. The van der Waals surface area contributed by atoms with Crippen LogP contribution in [0.15, 0.2) is 24.3 Å². The van der Waals surface area contributed by atoms with Crippen LogP contribution >= 0.6 is 23.4 Å². The van der Waals surface area contributed by atoms with Crippen LogP contribution in [0.2, 0.25) is 5.02 Å². The summed E-state index contributed by atoms with van der Waals surface area (Å²) in [5, 5.41) is 4.47. The van der Waals surface area contributed by atoms with Crippen molar-refractivity contribution in [2.24, 2.45) is 10.8 Å². The zero-order valence-electron chi connectivity index (χ0n) is 12.4. The highest BCUT2D eigenvalue weighted by atomic mass is 35.5. The minimum Gasteiger partial charge on any atom is -0.316 e. The Labute approximate surface area is 131 Å². The van der Waals surface area contributed by atoms with E-state index in [-0.39, 0.29) is 0 Å². The maximum atomic E-state index is 6.22. The molecule has 0 aromatic heterocycles. The zero-order valence-corrected chi connectivity index (χ0v) is 14.0. The molecule has 1 aromatic rings. The summed E-state index contributed by atoms with van der Waals surface area (Å²) in [6.45, 7) is 7.11. The fraction of sp³-hybridized carbons (Fsp3) is 0.647. The van der Waals surface area contributed by atoms with E-state index >= 15 is 0 Å². The molecule has 1 N–H and O–H groups in total. The third kappa shape index (κ3) is 2.88. The highest BCUT2D eigenvalue weighted by Crippen LogP contribution is 2.54. The fourth-order valence-electron chi connectivity index (χ4n) is 4.14. The van der Waals surface area contributed by atoms with Gasteiger partial charge in [-0.25, -0.2) is 0 Å². The Morgan fingerprint density at radius 1 is 1.30 bits per heavy atom. The van der Waals surface area contributed by atoms with Gasteiger partial charge < -0.3 is 5.32 Å². The lowest BCUT2D eigenvalue weighted by Gasteiger charge is -2.51. The Hall–Kier alpha value is -0.180. The molecule has 0 bridgehead atoms. The van der Waals surface area contributed by atoms with Gasteiger partial charge in [0.05, 0.1) is 0 Å². The van der Waals surface area contributed by atoms with Crippen LogP contribution in [0.5, 0.6) is 0 Å².